The molecule has 1 aliphatic rings. The lowest BCUT2D eigenvalue weighted by Crippen LogP contribution is -2.47. The number of nitrogens with zero attached hydrogens (tertiary/aromatic N) is 1. The maximum absolute atomic E-state index is 5.78. The van der Waals surface area contributed by atoms with Crippen LogP contribution in [0, 0.1) is 0 Å². The Morgan fingerprint density at radius 2 is 2.29 bits per heavy atom. The summed E-state index contributed by atoms with van der Waals surface area (Å²) in [6, 6.07) is 0. The molecule has 2 atom stereocenters. The smallest absolute Gasteiger partial charge is 0.0802 e. The first-order valence-corrected chi connectivity index (χ1v) is 7.70. The van der Waals surface area contributed by atoms with Gasteiger partial charge in [0.15, 0.2) is 0 Å². The van der Waals surface area contributed by atoms with E-state index in [1.165, 1.54) is 18.7 Å². The van der Waals surface area contributed by atoms with Gasteiger partial charge in [0, 0.05) is 18.4 Å². The van der Waals surface area contributed by atoms with E-state index in [0.29, 0.717) is 12.2 Å². The second-order valence-corrected chi connectivity index (χ2v) is 5.46. The molecular weight excluding hydrogens is 262 g/mol. The summed E-state index contributed by atoms with van der Waals surface area (Å²) >= 11 is 5.42. The van der Waals surface area contributed by atoms with Gasteiger partial charge in [-0.05, 0) is 31.9 Å². The van der Waals surface area contributed by atoms with Crippen LogP contribution < -0.4 is 0 Å². The predicted octanol–water partition coefficient (Wildman–Crippen LogP) is 2.22. The third-order valence-electron chi connectivity index (χ3n) is 2.40. The second-order valence-electron chi connectivity index (χ2n) is 3.83. The van der Waals surface area contributed by atoms with Gasteiger partial charge in [0.05, 0.1) is 12.2 Å². The van der Waals surface area contributed by atoms with Gasteiger partial charge in [0.25, 0.3) is 0 Å². The molecule has 2 nitrogen and oxygen atoms in total. The van der Waals surface area contributed by atoms with Gasteiger partial charge < -0.3 is 4.74 Å². The average Bonchev–Trinajstić information content (AvgIpc) is 2.17. The summed E-state index contributed by atoms with van der Waals surface area (Å²) in [7, 11) is 0. The minimum absolute atomic E-state index is 0.382. The number of halogens is 1. The minimum Gasteiger partial charge on any atom is -0.372 e. The van der Waals surface area contributed by atoms with Crippen LogP contribution in [-0.4, -0.2) is 54.1 Å². The molecule has 0 saturated carbocycles. The Morgan fingerprint density at radius 3 is 2.93 bits per heavy atom. The number of alkyl halides is 1. The molecule has 0 aliphatic carbocycles. The largest absolute Gasteiger partial charge is 0.372 e. The summed E-state index contributed by atoms with van der Waals surface area (Å²) in [5.41, 5.74) is 0. The Kier molecular flexibility index (Phi) is 6.50. The molecule has 0 aromatic rings. The van der Waals surface area contributed by atoms with Gasteiger partial charge in [-0.2, -0.15) is 11.8 Å². The number of hydrogen-bond acceptors (Lipinski definition) is 3. The van der Waals surface area contributed by atoms with Crippen molar-refractivity contribution in [3.05, 3.63) is 0 Å². The first-order chi connectivity index (χ1) is 6.76. The maximum atomic E-state index is 5.78. The first kappa shape index (κ1) is 12.8. The summed E-state index contributed by atoms with van der Waals surface area (Å²) < 4.78 is 5.78. The van der Waals surface area contributed by atoms with Gasteiger partial charge in [-0.3, -0.25) is 4.90 Å². The van der Waals surface area contributed by atoms with E-state index in [0.717, 1.165) is 18.4 Å². The standard InChI is InChI=1S/C10H20BrNOS/c1-9-7-12(4-3-5-14-2)8-10(6-11)13-9/h9-10H,3-8H2,1-2H3. The highest BCUT2D eigenvalue weighted by molar-refractivity contribution is 9.09. The van der Waals surface area contributed by atoms with E-state index in [1.807, 2.05) is 11.8 Å². The van der Waals surface area contributed by atoms with Gasteiger partial charge in [-0.25, -0.2) is 0 Å². The van der Waals surface area contributed by atoms with Crippen molar-refractivity contribution in [3.63, 3.8) is 0 Å². The Balaban J connectivity index is 2.23. The SMILES string of the molecule is CSCCCN1CC(C)OC(CBr)C1. The molecule has 2 unspecified atom stereocenters. The molecule has 0 radical (unpaired) electrons. The normalized spacial score (nSPS) is 29.4. The van der Waals surface area contributed by atoms with E-state index in [9.17, 15) is 0 Å². The molecule has 1 saturated heterocycles. The van der Waals surface area contributed by atoms with Gasteiger partial charge >= 0.3 is 0 Å². The van der Waals surface area contributed by atoms with Crippen molar-refractivity contribution in [1.82, 2.24) is 4.90 Å². The zero-order valence-corrected chi connectivity index (χ0v) is 11.4. The molecule has 14 heavy (non-hydrogen) atoms. The summed E-state index contributed by atoms with van der Waals surface area (Å²) in [5.74, 6) is 1.27. The van der Waals surface area contributed by atoms with Crippen LogP contribution >= 0.6 is 27.7 Å². The lowest BCUT2D eigenvalue weighted by molar-refractivity contribution is -0.0649. The van der Waals surface area contributed by atoms with Gasteiger partial charge in [0.2, 0.25) is 0 Å². The van der Waals surface area contributed by atoms with Crippen molar-refractivity contribution in [2.24, 2.45) is 0 Å². The van der Waals surface area contributed by atoms with Crippen molar-refractivity contribution in [2.45, 2.75) is 25.6 Å². The van der Waals surface area contributed by atoms with Crippen molar-refractivity contribution in [1.29, 1.82) is 0 Å². The van der Waals surface area contributed by atoms with Crippen LogP contribution in [0.5, 0.6) is 0 Å². The van der Waals surface area contributed by atoms with Crippen LogP contribution in [0.15, 0.2) is 0 Å². The number of hydrogen-bond donors (Lipinski definition) is 0. The Labute approximate surface area is 99.9 Å². The van der Waals surface area contributed by atoms with E-state index in [-0.39, 0.29) is 0 Å². The molecule has 1 heterocycles. The van der Waals surface area contributed by atoms with Crippen molar-refractivity contribution in [2.75, 3.05) is 37.0 Å². The number of ether oxygens (including phenoxy) is 1. The highest BCUT2D eigenvalue weighted by Crippen LogP contribution is 2.13. The van der Waals surface area contributed by atoms with Crippen LogP contribution in [-0.2, 0) is 4.74 Å². The molecular formula is C10H20BrNOS. The summed E-state index contributed by atoms with van der Waals surface area (Å²) in [5, 5.41) is 0.955. The lowest BCUT2D eigenvalue weighted by Gasteiger charge is -2.36. The highest BCUT2D eigenvalue weighted by atomic mass is 79.9. The van der Waals surface area contributed by atoms with Crippen LogP contribution in [0.3, 0.4) is 0 Å². The maximum Gasteiger partial charge on any atom is 0.0802 e. The van der Waals surface area contributed by atoms with Crippen LogP contribution in [0.2, 0.25) is 0 Å². The van der Waals surface area contributed by atoms with Crippen molar-refractivity contribution >= 4 is 27.7 Å². The van der Waals surface area contributed by atoms with Crippen LogP contribution in [0.4, 0.5) is 0 Å². The van der Waals surface area contributed by atoms with Crippen LogP contribution in [0.25, 0.3) is 0 Å². The number of thioether (sulfide) groups is 1. The molecule has 1 rings (SSSR count). The Morgan fingerprint density at radius 1 is 1.50 bits per heavy atom. The molecule has 0 aromatic carbocycles. The zero-order valence-electron chi connectivity index (χ0n) is 9.04. The molecule has 1 fully saturated rings. The van der Waals surface area contributed by atoms with E-state index >= 15 is 0 Å². The van der Waals surface area contributed by atoms with Crippen molar-refractivity contribution < 1.29 is 4.74 Å². The molecule has 4 heteroatoms. The third-order valence-corrected chi connectivity index (χ3v) is 3.82. The monoisotopic (exact) mass is 281 g/mol. The molecule has 1 aliphatic heterocycles. The summed E-state index contributed by atoms with van der Waals surface area (Å²) in [4.78, 5) is 2.52. The van der Waals surface area contributed by atoms with Gasteiger partial charge in [0.1, 0.15) is 0 Å². The fourth-order valence-electron chi connectivity index (χ4n) is 1.84. The number of morpholine rings is 1. The molecule has 0 aromatic heterocycles. The molecule has 84 valence electrons. The van der Waals surface area contributed by atoms with E-state index in [1.54, 1.807) is 0 Å². The van der Waals surface area contributed by atoms with Gasteiger partial charge in [-0.15, -0.1) is 0 Å². The van der Waals surface area contributed by atoms with E-state index in [4.69, 9.17) is 4.74 Å². The molecule has 0 amide bonds. The predicted molar refractivity (Wildman–Crippen MR) is 67.6 cm³/mol. The molecule has 0 bridgehead atoms. The number of rotatable bonds is 5. The minimum atomic E-state index is 0.382. The Bertz CT molecular complexity index is 159. The zero-order chi connectivity index (χ0) is 10.4. The van der Waals surface area contributed by atoms with Crippen LogP contribution in [0.1, 0.15) is 13.3 Å². The van der Waals surface area contributed by atoms with E-state index in [2.05, 4.69) is 34.0 Å². The fraction of sp³-hybridized carbons (Fsp3) is 1.00. The van der Waals surface area contributed by atoms with E-state index < -0.39 is 0 Å². The average molecular weight is 282 g/mol. The fourth-order valence-corrected chi connectivity index (χ4v) is 2.62. The summed E-state index contributed by atoms with van der Waals surface area (Å²) in [6.45, 7) is 5.57. The lowest BCUT2D eigenvalue weighted by atomic mass is 10.2. The molecule has 0 spiro atoms. The Hall–Kier alpha value is 0.750. The second kappa shape index (κ2) is 7.09. The third kappa shape index (κ3) is 4.51. The van der Waals surface area contributed by atoms with Gasteiger partial charge in [-0.1, -0.05) is 15.9 Å². The topological polar surface area (TPSA) is 12.5 Å². The quantitative estimate of drug-likeness (QED) is 0.567. The summed E-state index contributed by atoms with van der Waals surface area (Å²) in [6.07, 6.45) is 4.24. The van der Waals surface area contributed by atoms with Crippen molar-refractivity contribution in [3.8, 4) is 0 Å². The first-order valence-electron chi connectivity index (χ1n) is 5.19. The highest BCUT2D eigenvalue weighted by Gasteiger charge is 2.23. The molecule has 0 N–H and O–H groups in total.